The molecule has 0 spiro atoms. The summed E-state index contributed by atoms with van der Waals surface area (Å²) in [6, 6.07) is 14.3. The Morgan fingerprint density at radius 3 is 2.29 bits per heavy atom. The van der Waals surface area contributed by atoms with Gasteiger partial charge < -0.3 is 14.8 Å². The standard InChI is InChI=1S/C18H18BrNO4/c1-12(18(22)20-15-7-5-14(19)6-8-15)24-17(21)11-13-3-9-16(23-2)10-4-13/h3-10,12H,11H2,1-2H3,(H,20,22)/t12-/m1/s1. The van der Waals surface area contributed by atoms with Crippen molar-refractivity contribution in [3.05, 3.63) is 58.6 Å². The summed E-state index contributed by atoms with van der Waals surface area (Å²) in [5.41, 5.74) is 1.43. The van der Waals surface area contributed by atoms with E-state index in [2.05, 4.69) is 21.2 Å². The number of halogens is 1. The molecule has 1 N–H and O–H groups in total. The van der Waals surface area contributed by atoms with Crippen LogP contribution in [-0.4, -0.2) is 25.1 Å². The maximum atomic E-state index is 12.1. The van der Waals surface area contributed by atoms with E-state index in [9.17, 15) is 9.59 Å². The van der Waals surface area contributed by atoms with Crippen LogP contribution >= 0.6 is 15.9 Å². The lowest BCUT2D eigenvalue weighted by Crippen LogP contribution is -2.30. The summed E-state index contributed by atoms with van der Waals surface area (Å²) in [4.78, 5) is 24.0. The van der Waals surface area contributed by atoms with E-state index in [1.807, 2.05) is 12.1 Å². The van der Waals surface area contributed by atoms with Crippen LogP contribution in [-0.2, 0) is 20.7 Å². The number of carbonyl (C=O) groups is 2. The van der Waals surface area contributed by atoms with Crippen LogP contribution < -0.4 is 10.1 Å². The van der Waals surface area contributed by atoms with Gasteiger partial charge in [0.05, 0.1) is 13.5 Å². The first-order chi connectivity index (χ1) is 11.5. The van der Waals surface area contributed by atoms with E-state index in [0.717, 1.165) is 15.8 Å². The SMILES string of the molecule is COc1ccc(CC(=O)O[C@H](C)C(=O)Nc2ccc(Br)cc2)cc1. The first kappa shape index (κ1) is 18.0. The topological polar surface area (TPSA) is 64.6 Å². The van der Waals surface area contributed by atoms with Crippen molar-refractivity contribution in [1.29, 1.82) is 0 Å². The molecule has 0 aromatic heterocycles. The third-order valence-corrected chi connectivity index (χ3v) is 3.83. The second-order valence-electron chi connectivity index (χ2n) is 5.15. The van der Waals surface area contributed by atoms with Gasteiger partial charge in [0.25, 0.3) is 5.91 Å². The van der Waals surface area contributed by atoms with Crippen LogP contribution in [0.1, 0.15) is 12.5 Å². The Balaban J connectivity index is 1.85. The first-order valence-corrected chi connectivity index (χ1v) is 8.16. The minimum absolute atomic E-state index is 0.0971. The molecule has 1 atom stereocenters. The number of nitrogens with one attached hydrogen (secondary N) is 1. The maximum Gasteiger partial charge on any atom is 0.311 e. The van der Waals surface area contributed by atoms with Gasteiger partial charge in [-0.25, -0.2) is 0 Å². The average molecular weight is 392 g/mol. The van der Waals surface area contributed by atoms with E-state index in [1.165, 1.54) is 0 Å². The first-order valence-electron chi connectivity index (χ1n) is 7.37. The smallest absolute Gasteiger partial charge is 0.311 e. The number of hydrogen-bond acceptors (Lipinski definition) is 4. The summed E-state index contributed by atoms with van der Waals surface area (Å²) >= 11 is 3.32. The minimum Gasteiger partial charge on any atom is -0.497 e. The van der Waals surface area contributed by atoms with Crippen molar-refractivity contribution in [1.82, 2.24) is 0 Å². The van der Waals surface area contributed by atoms with Crippen molar-refractivity contribution in [3.8, 4) is 5.75 Å². The van der Waals surface area contributed by atoms with Crippen LogP contribution in [0.2, 0.25) is 0 Å². The Kier molecular flexibility index (Phi) is 6.37. The molecule has 0 heterocycles. The number of benzene rings is 2. The molecule has 0 fully saturated rings. The van der Waals surface area contributed by atoms with Crippen LogP contribution in [0, 0.1) is 0 Å². The van der Waals surface area contributed by atoms with Crippen molar-refractivity contribution < 1.29 is 19.1 Å². The molecule has 0 unspecified atom stereocenters. The average Bonchev–Trinajstić information content (AvgIpc) is 2.57. The molecule has 0 saturated heterocycles. The van der Waals surface area contributed by atoms with E-state index in [1.54, 1.807) is 50.4 Å². The molecule has 0 aliphatic heterocycles. The zero-order chi connectivity index (χ0) is 17.5. The predicted molar refractivity (Wildman–Crippen MR) is 95.0 cm³/mol. The van der Waals surface area contributed by atoms with E-state index in [0.29, 0.717) is 5.69 Å². The van der Waals surface area contributed by atoms with Gasteiger partial charge in [-0.2, -0.15) is 0 Å². The molecule has 0 radical (unpaired) electrons. The van der Waals surface area contributed by atoms with Crippen LogP contribution in [0.5, 0.6) is 5.75 Å². The van der Waals surface area contributed by atoms with Crippen LogP contribution in [0.3, 0.4) is 0 Å². The van der Waals surface area contributed by atoms with Crippen molar-refractivity contribution in [2.45, 2.75) is 19.4 Å². The Morgan fingerprint density at radius 1 is 1.08 bits per heavy atom. The van der Waals surface area contributed by atoms with Crippen molar-refractivity contribution in [2.75, 3.05) is 12.4 Å². The van der Waals surface area contributed by atoms with Gasteiger partial charge in [0.15, 0.2) is 6.10 Å². The highest BCUT2D eigenvalue weighted by molar-refractivity contribution is 9.10. The molecule has 6 heteroatoms. The lowest BCUT2D eigenvalue weighted by molar-refractivity contribution is -0.152. The Morgan fingerprint density at radius 2 is 1.71 bits per heavy atom. The highest BCUT2D eigenvalue weighted by Gasteiger charge is 2.18. The van der Waals surface area contributed by atoms with Gasteiger partial charge in [-0.1, -0.05) is 28.1 Å². The Hall–Kier alpha value is -2.34. The molecule has 126 valence electrons. The van der Waals surface area contributed by atoms with Crippen LogP contribution in [0.25, 0.3) is 0 Å². The third kappa shape index (κ3) is 5.38. The lowest BCUT2D eigenvalue weighted by Gasteiger charge is -2.13. The zero-order valence-corrected chi connectivity index (χ0v) is 15.0. The number of ether oxygens (including phenoxy) is 2. The van der Waals surface area contributed by atoms with Crippen LogP contribution in [0.15, 0.2) is 53.0 Å². The molecule has 24 heavy (non-hydrogen) atoms. The van der Waals surface area contributed by atoms with Gasteiger partial charge in [0, 0.05) is 10.2 Å². The number of amides is 1. The van der Waals surface area contributed by atoms with Gasteiger partial charge in [-0.3, -0.25) is 9.59 Å². The molecule has 2 rings (SSSR count). The Bertz CT molecular complexity index is 698. The maximum absolute atomic E-state index is 12.1. The largest absolute Gasteiger partial charge is 0.497 e. The molecule has 0 aliphatic carbocycles. The number of hydrogen-bond donors (Lipinski definition) is 1. The van der Waals surface area contributed by atoms with E-state index in [4.69, 9.17) is 9.47 Å². The van der Waals surface area contributed by atoms with Gasteiger partial charge >= 0.3 is 5.97 Å². The summed E-state index contributed by atoms with van der Waals surface area (Å²) < 4.78 is 11.2. The quantitative estimate of drug-likeness (QED) is 0.764. The van der Waals surface area contributed by atoms with E-state index in [-0.39, 0.29) is 12.3 Å². The molecule has 1 amide bonds. The Labute approximate surface area is 149 Å². The fraction of sp³-hybridized carbons (Fsp3) is 0.222. The molecule has 2 aromatic carbocycles. The summed E-state index contributed by atoms with van der Waals surface area (Å²) in [5, 5.41) is 2.70. The molecule has 5 nitrogen and oxygen atoms in total. The predicted octanol–water partition coefficient (Wildman–Crippen LogP) is 3.57. The second kappa shape index (κ2) is 8.49. The highest BCUT2D eigenvalue weighted by atomic mass is 79.9. The summed E-state index contributed by atoms with van der Waals surface area (Å²) in [6.45, 7) is 1.54. The molecular formula is C18H18BrNO4. The number of carbonyl (C=O) groups excluding carboxylic acids is 2. The van der Waals surface area contributed by atoms with Gasteiger partial charge in [0.1, 0.15) is 5.75 Å². The molecular weight excluding hydrogens is 374 g/mol. The van der Waals surface area contributed by atoms with Gasteiger partial charge in [0.2, 0.25) is 0 Å². The summed E-state index contributed by atoms with van der Waals surface area (Å²) in [6.07, 6.45) is -0.778. The monoisotopic (exact) mass is 391 g/mol. The third-order valence-electron chi connectivity index (χ3n) is 3.30. The van der Waals surface area contributed by atoms with Gasteiger partial charge in [-0.05, 0) is 48.9 Å². The lowest BCUT2D eigenvalue weighted by atomic mass is 10.1. The molecule has 2 aromatic rings. The summed E-state index contributed by atoms with van der Waals surface area (Å²) in [7, 11) is 1.58. The van der Waals surface area contributed by atoms with Crippen molar-refractivity contribution >= 4 is 33.5 Å². The number of methoxy groups -OCH3 is 1. The fourth-order valence-electron chi connectivity index (χ4n) is 1.98. The molecule has 0 bridgehead atoms. The van der Waals surface area contributed by atoms with Crippen molar-refractivity contribution in [3.63, 3.8) is 0 Å². The van der Waals surface area contributed by atoms with Gasteiger partial charge in [-0.15, -0.1) is 0 Å². The van der Waals surface area contributed by atoms with E-state index < -0.39 is 12.1 Å². The highest BCUT2D eigenvalue weighted by Crippen LogP contribution is 2.15. The fourth-order valence-corrected chi connectivity index (χ4v) is 2.24. The number of esters is 1. The zero-order valence-electron chi connectivity index (χ0n) is 13.4. The van der Waals surface area contributed by atoms with Crippen LogP contribution in [0.4, 0.5) is 5.69 Å². The minimum atomic E-state index is -0.876. The molecule has 0 aliphatic rings. The summed E-state index contributed by atoms with van der Waals surface area (Å²) in [5.74, 6) is -0.117. The number of rotatable bonds is 6. The second-order valence-corrected chi connectivity index (χ2v) is 6.07. The molecule has 0 saturated carbocycles. The number of anilines is 1. The van der Waals surface area contributed by atoms with E-state index >= 15 is 0 Å². The normalized spacial score (nSPS) is 11.5. The van der Waals surface area contributed by atoms with Crippen molar-refractivity contribution in [2.24, 2.45) is 0 Å².